The summed E-state index contributed by atoms with van der Waals surface area (Å²) in [6.07, 6.45) is 2.05. The van der Waals surface area contributed by atoms with Crippen LogP contribution < -0.4 is 5.32 Å². The summed E-state index contributed by atoms with van der Waals surface area (Å²) in [6.45, 7) is 6.15. The Morgan fingerprint density at radius 1 is 1.41 bits per heavy atom. The molecule has 0 aromatic carbocycles. The van der Waals surface area contributed by atoms with Crippen molar-refractivity contribution in [3.05, 3.63) is 22.4 Å². The van der Waals surface area contributed by atoms with Gasteiger partial charge in [-0.25, -0.2) is 0 Å². The average Bonchev–Trinajstić information content (AvgIpc) is 2.79. The van der Waals surface area contributed by atoms with Crippen molar-refractivity contribution >= 4 is 21.9 Å². The zero-order valence-corrected chi connectivity index (χ0v) is 15.5. The number of nitrogens with zero attached hydrogens (tertiary/aromatic N) is 3. The first kappa shape index (κ1) is 19.0. The van der Waals surface area contributed by atoms with E-state index in [0.717, 1.165) is 23.5 Å². The van der Waals surface area contributed by atoms with Crippen LogP contribution in [0.4, 0.5) is 0 Å². The summed E-state index contributed by atoms with van der Waals surface area (Å²) in [5.41, 5.74) is 1.22. The Morgan fingerprint density at radius 3 is 2.77 bits per heavy atom. The molecular formula is C15H27BrN4O2. The molecule has 0 saturated carbocycles. The average molecular weight is 375 g/mol. The van der Waals surface area contributed by atoms with Crippen LogP contribution in [0.2, 0.25) is 0 Å². The fraction of sp³-hybridized carbons (Fsp3) is 0.667. The number of hydrogen-bond acceptors (Lipinski definition) is 3. The van der Waals surface area contributed by atoms with E-state index in [0.29, 0.717) is 26.4 Å². The smallest absolute Gasteiger partial charge is 0.194 e. The Hall–Kier alpha value is -1.05. The SMILES string of the molecule is CCNC(=NCCOCCOC)N(C)Cc1cc(Br)cn1C. The van der Waals surface area contributed by atoms with Gasteiger partial charge in [0, 0.05) is 44.1 Å². The predicted octanol–water partition coefficient (Wildman–Crippen LogP) is 1.85. The molecule has 0 aliphatic rings. The first-order valence-corrected chi connectivity index (χ1v) is 8.24. The van der Waals surface area contributed by atoms with Gasteiger partial charge in [0.05, 0.1) is 32.9 Å². The fourth-order valence-corrected chi connectivity index (χ4v) is 2.54. The van der Waals surface area contributed by atoms with E-state index in [1.54, 1.807) is 7.11 Å². The molecule has 0 radical (unpaired) electrons. The molecule has 1 heterocycles. The van der Waals surface area contributed by atoms with Gasteiger partial charge in [-0.1, -0.05) is 0 Å². The third-order valence-corrected chi connectivity index (χ3v) is 3.53. The van der Waals surface area contributed by atoms with Crippen molar-refractivity contribution in [1.29, 1.82) is 0 Å². The van der Waals surface area contributed by atoms with Crippen molar-refractivity contribution in [1.82, 2.24) is 14.8 Å². The van der Waals surface area contributed by atoms with Gasteiger partial charge in [0.25, 0.3) is 0 Å². The van der Waals surface area contributed by atoms with Crippen molar-refractivity contribution in [3.8, 4) is 0 Å². The highest BCUT2D eigenvalue weighted by Gasteiger charge is 2.09. The van der Waals surface area contributed by atoms with E-state index < -0.39 is 0 Å². The van der Waals surface area contributed by atoms with Crippen LogP contribution in [0, 0.1) is 0 Å². The lowest BCUT2D eigenvalue weighted by Gasteiger charge is -2.22. The molecule has 126 valence electrons. The third kappa shape index (κ3) is 6.81. The molecule has 1 rings (SSSR count). The molecule has 6 nitrogen and oxygen atoms in total. The molecule has 0 fully saturated rings. The molecule has 0 saturated heterocycles. The van der Waals surface area contributed by atoms with Crippen LogP contribution in [0.3, 0.4) is 0 Å². The van der Waals surface area contributed by atoms with Gasteiger partial charge in [-0.2, -0.15) is 0 Å². The number of ether oxygens (including phenoxy) is 2. The van der Waals surface area contributed by atoms with Gasteiger partial charge in [-0.15, -0.1) is 0 Å². The van der Waals surface area contributed by atoms with Crippen LogP contribution in [0.5, 0.6) is 0 Å². The van der Waals surface area contributed by atoms with E-state index in [9.17, 15) is 0 Å². The number of guanidine groups is 1. The molecule has 7 heteroatoms. The number of aliphatic imine (C=N–C) groups is 1. The molecule has 0 unspecified atom stereocenters. The van der Waals surface area contributed by atoms with Crippen molar-refractivity contribution in [2.45, 2.75) is 13.5 Å². The van der Waals surface area contributed by atoms with Gasteiger partial charge >= 0.3 is 0 Å². The zero-order valence-electron chi connectivity index (χ0n) is 13.9. The first-order chi connectivity index (χ1) is 10.6. The van der Waals surface area contributed by atoms with Crippen LogP contribution in [0.1, 0.15) is 12.6 Å². The third-order valence-electron chi connectivity index (χ3n) is 3.10. The first-order valence-electron chi connectivity index (χ1n) is 7.45. The summed E-state index contributed by atoms with van der Waals surface area (Å²) in [5, 5.41) is 3.31. The highest BCUT2D eigenvalue weighted by atomic mass is 79.9. The molecule has 0 aliphatic heterocycles. The summed E-state index contributed by atoms with van der Waals surface area (Å²) in [7, 11) is 5.75. The number of methoxy groups -OCH3 is 1. The number of halogens is 1. The summed E-state index contributed by atoms with van der Waals surface area (Å²) >= 11 is 3.50. The van der Waals surface area contributed by atoms with Crippen molar-refractivity contribution in [2.75, 3.05) is 47.1 Å². The normalized spacial score (nSPS) is 11.8. The van der Waals surface area contributed by atoms with Crippen LogP contribution >= 0.6 is 15.9 Å². The van der Waals surface area contributed by atoms with E-state index in [1.807, 2.05) is 14.1 Å². The molecule has 0 atom stereocenters. The van der Waals surface area contributed by atoms with Crippen molar-refractivity contribution in [2.24, 2.45) is 12.0 Å². The van der Waals surface area contributed by atoms with E-state index >= 15 is 0 Å². The van der Waals surface area contributed by atoms with Gasteiger partial charge in [0.15, 0.2) is 5.96 Å². The lowest BCUT2D eigenvalue weighted by Crippen LogP contribution is -2.39. The second kappa shape index (κ2) is 10.6. The zero-order chi connectivity index (χ0) is 16.4. The minimum Gasteiger partial charge on any atom is -0.382 e. The minimum atomic E-state index is 0.599. The lowest BCUT2D eigenvalue weighted by molar-refractivity contribution is 0.0747. The lowest BCUT2D eigenvalue weighted by atomic mass is 10.4. The van der Waals surface area contributed by atoms with E-state index in [1.165, 1.54) is 5.69 Å². The fourth-order valence-electron chi connectivity index (χ4n) is 1.97. The highest BCUT2D eigenvalue weighted by Crippen LogP contribution is 2.14. The number of aromatic nitrogens is 1. The molecule has 0 bridgehead atoms. The Morgan fingerprint density at radius 2 is 2.18 bits per heavy atom. The molecule has 1 N–H and O–H groups in total. The van der Waals surface area contributed by atoms with Crippen molar-refractivity contribution < 1.29 is 9.47 Å². The summed E-state index contributed by atoms with van der Waals surface area (Å²) in [4.78, 5) is 6.70. The minimum absolute atomic E-state index is 0.599. The monoisotopic (exact) mass is 374 g/mol. The van der Waals surface area contributed by atoms with Gasteiger partial charge in [0.1, 0.15) is 0 Å². The summed E-state index contributed by atoms with van der Waals surface area (Å²) < 4.78 is 13.6. The van der Waals surface area contributed by atoms with E-state index in [2.05, 4.69) is 54.9 Å². The maximum Gasteiger partial charge on any atom is 0.194 e. The standard InChI is InChI=1S/C15H27BrN4O2/c1-5-17-15(18-6-7-22-9-8-21-4)20(3)12-14-10-13(16)11-19(14)2/h10-11H,5-9,12H2,1-4H3,(H,17,18). The topological polar surface area (TPSA) is 51.0 Å². The Kier molecular flexibility index (Phi) is 9.19. The van der Waals surface area contributed by atoms with Crippen LogP contribution in [0.15, 0.2) is 21.7 Å². The number of hydrogen-bond donors (Lipinski definition) is 1. The van der Waals surface area contributed by atoms with Crippen LogP contribution in [-0.2, 0) is 23.1 Å². The van der Waals surface area contributed by atoms with E-state index in [4.69, 9.17) is 9.47 Å². The van der Waals surface area contributed by atoms with Gasteiger partial charge in [-0.3, -0.25) is 4.99 Å². The quantitative estimate of drug-likeness (QED) is 0.407. The van der Waals surface area contributed by atoms with Gasteiger partial charge < -0.3 is 24.3 Å². The number of aryl methyl sites for hydroxylation is 1. The Balaban J connectivity index is 2.51. The second-order valence-corrected chi connectivity index (χ2v) is 5.87. The predicted molar refractivity (Wildman–Crippen MR) is 93.3 cm³/mol. The summed E-state index contributed by atoms with van der Waals surface area (Å²) in [6, 6.07) is 2.12. The molecule has 22 heavy (non-hydrogen) atoms. The Bertz CT molecular complexity index is 462. The largest absolute Gasteiger partial charge is 0.382 e. The Labute approximate surface area is 141 Å². The molecule has 0 amide bonds. The molecular weight excluding hydrogens is 348 g/mol. The molecule has 0 aliphatic carbocycles. The van der Waals surface area contributed by atoms with Crippen LogP contribution in [0.25, 0.3) is 0 Å². The summed E-state index contributed by atoms with van der Waals surface area (Å²) in [5.74, 6) is 0.884. The number of rotatable bonds is 9. The molecule has 1 aromatic rings. The van der Waals surface area contributed by atoms with E-state index in [-0.39, 0.29) is 0 Å². The maximum atomic E-state index is 5.43. The second-order valence-electron chi connectivity index (χ2n) is 4.96. The van der Waals surface area contributed by atoms with Gasteiger partial charge in [0.2, 0.25) is 0 Å². The highest BCUT2D eigenvalue weighted by molar-refractivity contribution is 9.10. The maximum absolute atomic E-state index is 5.43. The number of nitrogens with one attached hydrogen (secondary N) is 1. The van der Waals surface area contributed by atoms with Gasteiger partial charge in [-0.05, 0) is 28.9 Å². The van der Waals surface area contributed by atoms with Crippen LogP contribution in [-0.4, -0.2) is 62.5 Å². The molecule has 0 spiro atoms. The van der Waals surface area contributed by atoms with Crippen molar-refractivity contribution in [3.63, 3.8) is 0 Å². The molecule has 1 aromatic heterocycles.